The molecule has 0 saturated heterocycles. The smallest absolute Gasteiger partial charge is 0.267 e. The van der Waals surface area contributed by atoms with Gasteiger partial charge in [-0.05, 0) is 43.3 Å². The van der Waals surface area contributed by atoms with E-state index in [-0.39, 0.29) is 11.3 Å². The van der Waals surface area contributed by atoms with E-state index in [0.717, 1.165) is 10.5 Å². The fraction of sp³-hybridized carbons (Fsp3) is 0.0500. The molecule has 0 atom stereocenters. The minimum atomic E-state index is -0.548. The average Bonchev–Trinajstić information content (AvgIpc) is 2.74. The third-order valence-electron chi connectivity index (χ3n) is 3.86. The summed E-state index contributed by atoms with van der Waals surface area (Å²) < 4.78 is 0. The highest BCUT2D eigenvalue weighted by Crippen LogP contribution is 2.33. The number of nitrogens with one attached hydrogen (secondary N) is 1. The lowest BCUT2D eigenvalue weighted by Gasteiger charge is -2.09. The molecule has 1 N–H and O–H groups in total. The molecule has 7 nitrogen and oxygen atoms in total. The lowest BCUT2D eigenvalue weighted by atomic mass is 10.2. The first-order valence-corrected chi connectivity index (χ1v) is 9.60. The van der Waals surface area contributed by atoms with Crippen LogP contribution in [-0.4, -0.2) is 21.5 Å². The van der Waals surface area contributed by atoms with Crippen molar-refractivity contribution in [3.05, 3.63) is 93.3 Å². The van der Waals surface area contributed by atoms with Gasteiger partial charge in [-0.1, -0.05) is 29.4 Å². The molecule has 3 rings (SSSR count). The van der Waals surface area contributed by atoms with E-state index in [1.807, 2.05) is 6.07 Å². The number of hydrogen-bond acceptors (Lipinski definition) is 6. The average molecular weight is 427 g/mol. The third kappa shape index (κ3) is 5.40. The highest BCUT2D eigenvalue weighted by atomic mass is 35.5. The number of carbonyl (C=O) groups excluding carboxylic acids is 1. The zero-order valence-electron chi connectivity index (χ0n) is 15.2. The van der Waals surface area contributed by atoms with E-state index in [4.69, 9.17) is 11.6 Å². The van der Waals surface area contributed by atoms with Crippen LogP contribution in [0.1, 0.15) is 22.8 Å². The molecule has 146 valence electrons. The first-order chi connectivity index (χ1) is 13.9. The maximum atomic E-state index is 12.7. The van der Waals surface area contributed by atoms with Gasteiger partial charge < -0.3 is 0 Å². The molecule has 1 aromatic heterocycles. The molecule has 0 aliphatic rings. The van der Waals surface area contributed by atoms with Crippen LogP contribution in [0.25, 0.3) is 0 Å². The zero-order valence-corrected chi connectivity index (χ0v) is 16.8. The summed E-state index contributed by atoms with van der Waals surface area (Å²) in [7, 11) is 0. The summed E-state index contributed by atoms with van der Waals surface area (Å²) in [6.45, 7) is 1.73. The van der Waals surface area contributed by atoms with Gasteiger partial charge in [0.1, 0.15) is 0 Å². The fourth-order valence-electron chi connectivity index (χ4n) is 2.36. The maximum Gasteiger partial charge on any atom is 0.272 e. The van der Waals surface area contributed by atoms with Gasteiger partial charge in [-0.2, -0.15) is 5.10 Å². The summed E-state index contributed by atoms with van der Waals surface area (Å²) in [5.74, 6) is -0.548. The number of hydrogen-bond donors (Lipinski definition) is 1. The van der Waals surface area contributed by atoms with Crippen LogP contribution >= 0.6 is 23.4 Å². The molecule has 9 heteroatoms. The standard InChI is InChI=1S/C20H15ClN4O3S/c1-13(14-3-2-10-22-12-14)23-24-20(26)18-11-16(25(27)28)6-9-19(18)29-17-7-4-15(21)5-8-17/h2-12H,1H3,(H,24,26)/b23-13+. The van der Waals surface area contributed by atoms with Gasteiger partial charge in [0.2, 0.25) is 0 Å². The number of hydrazone groups is 1. The number of nitro benzene ring substituents is 1. The van der Waals surface area contributed by atoms with E-state index in [1.165, 1.54) is 23.9 Å². The van der Waals surface area contributed by atoms with Crippen molar-refractivity contribution in [2.24, 2.45) is 5.10 Å². The normalized spacial score (nSPS) is 11.2. The molecule has 0 spiro atoms. The quantitative estimate of drug-likeness (QED) is 0.341. The highest BCUT2D eigenvalue weighted by Gasteiger charge is 2.17. The van der Waals surface area contributed by atoms with Gasteiger partial charge in [0.25, 0.3) is 11.6 Å². The van der Waals surface area contributed by atoms with Crippen molar-refractivity contribution in [3.63, 3.8) is 0 Å². The minimum absolute atomic E-state index is 0.155. The van der Waals surface area contributed by atoms with Crippen molar-refractivity contribution < 1.29 is 9.72 Å². The predicted octanol–water partition coefficient (Wildman–Crippen LogP) is 4.95. The molecule has 29 heavy (non-hydrogen) atoms. The fourth-order valence-corrected chi connectivity index (χ4v) is 3.41. The number of aromatic nitrogens is 1. The van der Waals surface area contributed by atoms with Gasteiger partial charge in [-0.25, -0.2) is 5.43 Å². The number of benzene rings is 2. The molecule has 0 radical (unpaired) electrons. The van der Waals surface area contributed by atoms with Crippen LogP contribution in [0.15, 0.2) is 81.9 Å². The van der Waals surface area contributed by atoms with E-state index in [1.54, 1.807) is 55.7 Å². The van der Waals surface area contributed by atoms with Gasteiger partial charge in [-0.15, -0.1) is 0 Å². The van der Waals surface area contributed by atoms with Crippen LogP contribution in [0.4, 0.5) is 5.69 Å². The molecular formula is C20H15ClN4O3S. The summed E-state index contributed by atoms with van der Waals surface area (Å²) in [6.07, 6.45) is 3.26. The molecule has 1 amide bonds. The molecule has 0 aliphatic carbocycles. The second-order valence-electron chi connectivity index (χ2n) is 5.87. The number of pyridine rings is 1. The summed E-state index contributed by atoms with van der Waals surface area (Å²) in [5.41, 5.74) is 3.75. The lowest BCUT2D eigenvalue weighted by Crippen LogP contribution is -2.20. The number of halogens is 1. The molecule has 0 bridgehead atoms. The third-order valence-corrected chi connectivity index (χ3v) is 5.20. The highest BCUT2D eigenvalue weighted by molar-refractivity contribution is 7.99. The van der Waals surface area contributed by atoms with Gasteiger partial charge in [0.05, 0.1) is 16.2 Å². The molecule has 1 heterocycles. The first-order valence-electron chi connectivity index (χ1n) is 8.41. The Morgan fingerprint density at radius 2 is 1.97 bits per heavy atom. The molecule has 0 aliphatic heterocycles. The van der Waals surface area contributed by atoms with E-state index < -0.39 is 10.8 Å². The molecule has 3 aromatic rings. The Bertz CT molecular complexity index is 1070. The summed E-state index contributed by atoms with van der Waals surface area (Å²) in [5, 5.41) is 15.8. The topological polar surface area (TPSA) is 97.5 Å². The van der Waals surface area contributed by atoms with Crippen LogP contribution in [0.2, 0.25) is 5.02 Å². The van der Waals surface area contributed by atoms with Crippen LogP contribution in [0.3, 0.4) is 0 Å². The molecule has 0 saturated carbocycles. The Hall–Kier alpha value is -3.23. The number of nitrogens with zero attached hydrogens (tertiary/aromatic N) is 3. The monoisotopic (exact) mass is 426 g/mol. The second kappa shape index (κ2) is 9.31. The number of amides is 1. The molecule has 0 unspecified atom stereocenters. The maximum absolute atomic E-state index is 12.7. The lowest BCUT2D eigenvalue weighted by molar-refractivity contribution is -0.384. The van der Waals surface area contributed by atoms with Gasteiger partial charge in [0, 0.05) is 44.9 Å². The van der Waals surface area contributed by atoms with Crippen molar-refractivity contribution in [2.75, 3.05) is 0 Å². The predicted molar refractivity (Wildman–Crippen MR) is 113 cm³/mol. The van der Waals surface area contributed by atoms with E-state index >= 15 is 0 Å². The molecule has 2 aromatic carbocycles. The largest absolute Gasteiger partial charge is 0.272 e. The van der Waals surface area contributed by atoms with Crippen LogP contribution < -0.4 is 5.43 Å². The second-order valence-corrected chi connectivity index (χ2v) is 7.43. The minimum Gasteiger partial charge on any atom is -0.267 e. The number of carbonyl (C=O) groups is 1. The Morgan fingerprint density at radius 3 is 2.62 bits per heavy atom. The first kappa shape index (κ1) is 20.5. The van der Waals surface area contributed by atoms with Crippen LogP contribution in [0.5, 0.6) is 0 Å². The van der Waals surface area contributed by atoms with Crippen molar-refractivity contribution in [3.8, 4) is 0 Å². The zero-order chi connectivity index (χ0) is 20.8. The van der Waals surface area contributed by atoms with Gasteiger partial charge in [-0.3, -0.25) is 19.9 Å². The van der Waals surface area contributed by atoms with Crippen molar-refractivity contribution in [1.29, 1.82) is 0 Å². The summed E-state index contributed by atoms with van der Waals surface area (Å²) >= 11 is 7.21. The number of nitro groups is 1. The Kier molecular flexibility index (Phi) is 6.58. The molecule has 0 fully saturated rings. The Balaban J connectivity index is 1.88. The number of rotatable bonds is 6. The van der Waals surface area contributed by atoms with E-state index in [0.29, 0.717) is 15.6 Å². The van der Waals surface area contributed by atoms with Crippen molar-refractivity contribution >= 4 is 40.7 Å². The van der Waals surface area contributed by atoms with E-state index in [9.17, 15) is 14.9 Å². The summed E-state index contributed by atoms with van der Waals surface area (Å²) in [4.78, 5) is 28.7. The molecular weight excluding hydrogens is 412 g/mol. The SMILES string of the molecule is C/C(=N\NC(=O)c1cc([N+](=O)[O-])ccc1Sc1ccc(Cl)cc1)c1cccnc1. The van der Waals surface area contributed by atoms with Crippen molar-refractivity contribution in [2.45, 2.75) is 16.7 Å². The Morgan fingerprint density at radius 1 is 1.21 bits per heavy atom. The Labute approximate surface area is 176 Å². The van der Waals surface area contributed by atoms with Crippen molar-refractivity contribution in [1.82, 2.24) is 10.4 Å². The van der Waals surface area contributed by atoms with Crippen LogP contribution in [-0.2, 0) is 0 Å². The van der Waals surface area contributed by atoms with Gasteiger partial charge in [0.15, 0.2) is 0 Å². The van der Waals surface area contributed by atoms with Crippen LogP contribution in [0, 0.1) is 10.1 Å². The van der Waals surface area contributed by atoms with Gasteiger partial charge >= 0.3 is 0 Å². The summed E-state index contributed by atoms with van der Waals surface area (Å²) in [6, 6.07) is 14.8. The number of non-ortho nitro benzene ring substituents is 1. The van der Waals surface area contributed by atoms with E-state index in [2.05, 4.69) is 15.5 Å².